The van der Waals surface area contributed by atoms with Crippen molar-refractivity contribution in [2.24, 2.45) is 0 Å². The molecule has 2 atom stereocenters. The van der Waals surface area contributed by atoms with Gasteiger partial charge in [0.2, 0.25) is 0 Å². The van der Waals surface area contributed by atoms with Crippen LogP contribution in [0.5, 0.6) is 0 Å². The monoisotopic (exact) mass is 367 g/mol. The first-order chi connectivity index (χ1) is 11.9. The highest BCUT2D eigenvalue weighted by Gasteiger charge is 2.50. The zero-order valence-corrected chi connectivity index (χ0v) is 16.0. The van der Waals surface area contributed by atoms with Gasteiger partial charge in [-0.1, -0.05) is 6.08 Å². The van der Waals surface area contributed by atoms with E-state index in [1.54, 1.807) is 40.7 Å². The molecule has 1 amide bonds. The van der Waals surface area contributed by atoms with Crippen molar-refractivity contribution < 1.29 is 23.0 Å². The molecule has 1 fully saturated rings. The summed E-state index contributed by atoms with van der Waals surface area (Å²) in [7, 11) is 0. The van der Waals surface area contributed by atoms with E-state index in [-0.39, 0.29) is 12.5 Å². The molecule has 1 aromatic carbocycles. The fraction of sp³-hybridized carbons (Fsp3) is 0.550. The number of rotatable bonds is 4. The van der Waals surface area contributed by atoms with E-state index in [2.05, 4.69) is 6.58 Å². The van der Waals surface area contributed by atoms with Gasteiger partial charge in [-0.15, -0.1) is 6.58 Å². The molecule has 0 radical (unpaired) electrons. The van der Waals surface area contributed by atoms with Crippen LogP contribution in [-0.2, 0) is 15.9 Å². The van der Waals surface area contributed by atoms with E-state index < -0.39 is 35.1 Å². The van der Waals surface area contributed by atoms with Crippen molar-refractivity contribution in [2.45, 2.75) is 70.9 Å². The van der Waals surface area contributed by atoms with Crippen LogP contribution in [0.15, 0.2) is 30.9 Å². The van der Waals surface area contributed by atoms with Crippen LogP contribution in [-0.4, -0.2) is 34.5 Å². The maximum absolute atomic E-state index is 13.6. The smallest absolute Gasteiger partial charge is 0.412 e. The third kappa shape index (κ3) is 4.81. The van der Waals surface area contributed by atoms with Crippen LogP contribution >= 0.6 is 0 Å². The number of hydrogen-bond acceptors (Lipinski definition) is 3. The Labute approximate surface area is 153 Å². The highest BCUT2D eigenvalue weighted by Crippen LogP contribution is 2.37. The Balaban J connectivity index is 2.37. The molecule has 2 rings (SSSR count). The zero-order chi connectivity index (χ0) is 19.7. The molecule has 0 saturated carbocycles. The fourth-order valence-electron chi connectivity index (χ4n) is 3.30. The lowest BCUT2D eigenvalue weighted by molar-refractivity contribution is -0.0780. The standard InChI is InChI=1S/C20H27F2NO3/c1-7-8-17-16(11-13-9-14(21)12-15(22)10-13)23(20(5,6)25-17)18(24)26-19(2,3)4/h7,9-10,12,16-17H,1,8,11H2,2-6H3/t16-,17?/m0/s1. The number of benzene rings is 1. The summed E-state index contributed by atoms with van der Waals surface area (Å²) in [6, 6.07) is 2.93. The van der Waals surface area contributed by atoms with E-state index >= 15 is 0 Å². The van der Waals surface area contributed by atoms with Crippen LogP contribution in [0, 0.1) is 11.6 Å². The molecular formula is C20H27F2NO3. The van der Waals surface area contributed by atoms with E-state index in [9.17, 15) is 13.6 Å². The summed E-state index contributed by atoms with van der Waals surface area (Å²) in [6.45, 7) is 12.6. The van der Waals surface area contributed by atoms with Gasteiger partial charge in [-0.3, -0.25) is 4.90 Å². The molecule has 1 unspecified atom stereocenters. The summed E-state index contributed by atoms with van der Waals surface area (Å²) < 4.78 is 38.8. The van der Waals surface area contributed by atoms with Crippen molar-refractivity contribution in [1.29, 1.82) is 0 Å². The van der Waals surface area contributed by atoms with E-state index in [1.807, 2.05) is 0 Å². The van der Waals surface area contributed by atoms with Crippen LogP contribution in [0.3, 0.4) is 0 Å². The molecule has 0 bridgehead atoms. The first-order valence-electron chi connectivity index (χ1n) is 8.69. The Morgan fingerprint density at radius 1 is 1.31 bits per heavy atom. The summed E-state index contributed by atoms with van der Waals surface area (Å²) in [5.41, 5.74) is -1.12. The van der Waals surface area contributed by atoms with Crippen molar-refractivity contribution in [3.63, 3.8) is 0 Å². The molecule has 1 saturated heterocycles. The summed E-state index contributed by atoms with van der Waals surface area (Å²) in [5, 5.41) is 0. The van der Waals surface area contributed by atoms with Gasteiger partial charge < -0.3 is 9.47 Å². The minimum absolute atomic E-state index is 0.246. The quantitative estimate of drug-likeness (QED) is 0.716. The summed E-state index contributed by atoms with van der Waals surface area (Å²) in [4.78, 5) is 14.3. The molecule has 6 heteroatoms. The average Bonchev–Trinajstić information content (AvgIpc) is 2.66. The van der Waals surface area contributed by atoms with Gasteiger partial charge in [-0.25, -0.2) is 13.6 Å². The number of amides is 1. The Bertz CT molecular complexity index is 662. The van der Waals surface area contributed by atoms with Crippen molar-refractivity contribution in [1.82, 2.24) is 4.90 Å². The van der Waals surface area contributed by atoms with Crippen LogP contribution < -0.4 is 0 Å². The Hall–Kier alpha value is -1.95. The molecule has 1 aliphatic heterocycles. The van der Waals surface area contributed by atoms with Gasteiger partial charge in [0.05, 0.1) is 12.1 Å². The lowest BCUT2D eigenvalue weighted by Crippen LogP contribution is -2.51. The van der Waals surface area contributed by atoms with Gasteiger partial charge in [-0.2, -0.15) is 0 Å². The third-order valence-electron chi connectivity index (χ3n) is 4.14. The number of nitrogens with zero attached hydrogens (tertiary/aromatic N) is 1. The first-order valence-corrected chi connectivity index (χ1v) is 8.69. The summed E-state index contributed by atoms with van der Waals surface area (Å²) in [6.07, 6.45) is 1.59. The van der Waals surface area contributed by atoms with E-state index in [4.69, 9.17) is 9.47 Å². The van der Waals surface area contributed by atoms with Gasteiger partial charge in [-0.05, 0) is 65.2 Å². The van der Waals surface area contributed by atoms with Crippen molar-refractivity contribution >= 4 is 6.09 Å². The number of hydrogen-bond donors (Lipinski definition) is 0. The molecule has 4 nitrogen and oxygen atoms in total. The maximum Gasteiger partial charge on any atom is 0.412 e. The SMILES string of the molecule is C=CCC1OC(C)(C)N(C(=O)OC(C)(C)C)[C@H]1Cc1cc(F)cc(F)c1. The Kier molecular flexibility index (Phi) is 5.76. The number of halogens is 2. The molecule has 0 aromatic heterocycles. The molecule has 1 aliphatic rings. The predicted octanol–water partition coefficient (Wildman–Crippen LogP) is 4.82. The molecule has 0 spiro atoms. The molecular weight excluding hydrogens is 340 g/mol. The molecule has 0 N–H and O–H groups in total. The number of carbonyl (C=O) groups is 1. The van der Waals surface area contributed by atoms with E-state index in [1.165, 1.54) is 17.0 Å². The van der Waals surface area contributed by atoms with Gasteiger partial charge >= 0.3 is 6.09 Å². The maximum atomic E-state index is 13.6. The van der Waals surface area contributed by atoms with Gasteiger partial charge in [0.1, 0.15) is 23.0 Å². The third-order valence-corrected chi connectivity index (χ3v) is 4.14. The first kappa shape index (κ1) is 20.4. The molecule has 1 aromatic rings. The van der Waals surface area contributed by atoms with Crippen molar-refractivity contribution in [3.8, 4) is 0 Å². The number of ether oxygens (including phenoxy) is 2. The largest absolute Gasteiger partial charge is 0.444 e. The van der Waals surface area contributed by atoms with Gasteiger partial charge in [0, 0.05) is 6.07 Å². The average molecular weight is 367 g/mol. The van der Waals surface area contributed by atoms with Crippen LogP contribution in [0.1, 0.15) is 46.6 Å². The van der Waals surface area contributed by atoms with E-state index in [0.717, 1.165) is 6.07 Å². The predicted molar refractivity (Wildman–Crippen MR) is 95.7 cm³/mol. The summed E-state index contributed by atoms with van der Waals surface area (Å²) >= 11 is 0. The molecule has 26 heavy (non-hydrogen) atoms. The Morgan fingerprint density at radius 3 is 2.38 bits per heavy atom. The normalized spacial score (nSPS) is 22.3. The second-order valence-electron chi connectivity index (χ2n) is 8.03. The Morgan fingerprint density at radius 2 is 1.88 bits per heavy atom. The van der Waals surface area contributed by atoms with Crippen molar-refractivity contribution in [3.05, 3.63) is 48.1 Å². The van der Waals surface area contributed by atoms with E-state index in [0.29, 0.717) is 12.0 Å². The highest BCUT2D eigenvalue weighted by molar-refractivity contribution is 5.70. The minimum atomic E-state index is -0.910. The second-order valence-corrected chi connectivity index (χ2v) is 8.03. The zero-order valence-electron chi connectivity index (χ0n) is 16.0. The fourth-order valence-corrected chi connectivity index (χ4v) is 3.30. The summed E-state index contributed by atoms with van der Waals surface area (Å²) in [5.74, 6) is -1.30. The van der Waals surface area contributed by atoms with Crippen LogP contribution in [0.2, 0.25) is 0 Å². The lowest BCUT2D eigenvalue weighted by Gasteiger charge is -2.35. The second kappa shape index (κ2) is 7.35. The number of carbonyl (C=O) groups excluding carboxylic acids is 1. The topological polar surface area (TPSA) is 38.8 Å². The molecule has 0 aliphatic carbocycles. The van der Waals surface area contributed by atoms with Crippen LogP contribution in [0.25, 0.3) is 0 Å². The van der Waals surface area contributed by atoms with Crippen molar-refractivity contribution in [2.75, 3.05) is 0 Å². The van der Waals surface area contributed by atoms with Crippen LogP contribution in [0.4, 0.5) is 13.6 Å². The van der Waals surface area contributed by atoms with Gasteiger partial charge in [0.25, 0.3) is 0 Å². The molecule has 144 valence electrons. The van der Waals surface area contributed by atoms with Gasteiger partial charge in [0.15, 0.2) is 0 Å². The highest BCUT2D eigenvalue weighted by atomic mass is 19.1. The lowest BCUT2D eigenvalue weighted by atomic mass is 9.98. The minimum Gasteiger partial charge on any atom is -0.444 e. The molecule has 1 heterocycles.